The van der Waals surface area contributed by atoms with Crippen LogP contribution in [0.2, 0.25) is 5.02 Å². The quantitative estimate of drug-likeness (QED) is 0.835. The van der Waals surface area contributed by atoms with Gasteiger partial charge in [0.2, 0.25) is 0 Å². The highest BCUT2D eigenvalue weighted by Gasteiger charge is 2.07. The van der Waals surface area contributed by atoms with Gasteiger partial charge in [-0.2, -0.15) is 0 Å². The maximum Gasteiger partial charge on any atom is 0.352 e. The van der Waals surface area contributed by atoms with E-state index in [0.717, 1.165) is 0 Å². The van der Waals surface area contributed by atoms with Crippen LogP contribution in [0.15, 0.2) is 36.5 Å². The summed E-state index contributed by atoms with van der Waals surface area (Å²) in [5.74, 6) is 0.0195. The third kappa shape index (κ3) is 3.66. The maximum atomic E-state index is 10.6. The van der Waals surface area contributed by atoms with Gasteiger partial charge in [-0.1, -0.05) is 11.6 Å². The molecule has 2 aromatic rings. The lowest BCUT2D eigenvalue weighted by Gasteiger charge is -2.01. The van der Waals surface area contributed by atoms with Crippen LogP contribution in [0.4, 0.5) is 0 Å². The van der Waals surface area contributed by atoms with Crippen molar-refractivity contribution in [1.29, 1.82) is 0 Å². The SMILES string of the molecule is O=C(O)c1cc(Oc2ccc(Cl)cc2)c[nH]1.[MgH2]. The van der Waals surface area contributed by atoms with E-state index in [1.165, 1.54) is 12.3 Å². The van der Waals surface area contributed by atoms with Crippen LogP contribution in [0, 0.1) is 0 Å². The van der Waals surface area contributed by atoms with Gasteiger partial charge in [-0.3, -0.25) is 0 Å². The van der Waals surface area contributed by atoms with Gasteiger partial charge in [0, 0.05) is 17.3 Å². The minimum atomic E-state index is -1.02. The molecule has 6 heteroatoms. The number of benzene rings is 1. The number of carboxylic acids is 1. The molecule has 1 heterocycles. The molecule has 4 nitrogen and oxygen atoms in total. The first-order chi connectivity index (χ1) is 7.65. The monoisotopic (exact) mass is 263 g/mol. The molecule has 86 valence electrons. The Morgan fingerprint density at radius 1 is 1.24 bits per heavy atom. The summed E-state index contributed by atoms with van der Waals surface area (Å²) in [6.07, 6.45) is 1.48. The summed E-state index contributed by atoms with van der Waals surface area (Å²) in [5.41, 5.74) is 0.0870. The van der Waals surface area contributed by atoms with E-state index in [2.05, 4.69) is 4.98 Å². The third-order valence-corrected chi connectivity index (χ3v) is 2.19. The summed E-state index contributed by atoms with van der Waals surface area (Å²) >= 11 is 5.72. The minimum Gasteiger partial charge on any atom is -0.477 e. The topological polar surface area (TPSA) is 62.3 Å². The second kappa shape index (κ2) is 5.95. The number of carbonyl (C=O) groups is 1. The molecule has 0 radical (unpaired) electrons. The molecule has 0 saturated heterocycles. The Morgan fingerprint density at radius 2 is 1.88 bits per heavy atom. The Labute approximate surface area is 119 Å². The zero-order chi connectivity index (χ0) is 11.5. The number of hydrogen-bond acceptors (Lipinski definition) is 2. The van der Waals surface area contributed by atoms with Gasteiger partial charge in [-0.15, -0.1) is 0 Å². The van der Waals surface area contributed by atoms with Crippen LogP contribution in [-0.2, 0) is 0 Å². The van der Waals surface area contributed by atoms with Gasteiger partial charge in [0.05, 0.1) is 0 Å². The van der Waals surface area contributed by atoms with Crippen LogP contribution in [0.25, 0.3) is 0 Å². The van der Waals surface area contributed by atoms with Gasteiger partial charge >= 0.3 is 29.0 Å². The first-order valence-corrected chi connectivity index (χ1v) is 4.88. The molecule has 0 fully saturated rings. The van der Waals surface area contributed by atoms with Crippen molar-refractivity contribution in [3.63, 3.8) is 0 Å². The lowest BCUT2D eigenvalue weighted by atomic mass is 10.3. The maximum absolute atomic E-state index is 10.6. The van der Waals surface area contributed by atoms with Crippen molar-refractivity contribution in [2.75, 3.05) is 0 Å². The molecule has 0 spiro atoms. The number of rotatable bonds is 3. The smallest absolute Gasteiger partial charge is 0.352 e. The summed E-state index contributed by atoms with van der Waals surface area (Å²) in [4.78, 5) is 13.2. The van der Waals surface area contributed by atoms with Crippen LogP contribution < -0.4 is 4.74 Å². The second-order valence-corrected chi connectivity index (χ2v) is 3.55. The van der Waals surface area contributed by atoms with Gasteiger partial charge in [0.1, 0.15) is 17.2 Å². The fourth-order valence-electron chi connectivity index (χ4n) is 1.20. The predicted molar refractivity (Wildman–Crippen MR) is 67.8 cm³/mol. The fraction of sp³-hybridized carbons (Fsp3) is 0. The van der Waals surface area contributed by atoms with Gasteiger partial charge in [0.25, 0.3) is 0 Å². The lowest BCUT2D eigenvalue weighted by Crippen LogP contribution is -1.94. The van der Waals surface area contributed by atoms with E-state index in [0.29, 0.717) is 16.5 Å². The van der Waals surface area contributed by atoms with Crippen molar-refractivity contribution in [2.24, 2.45) is 0 Å². The van der Waals surface area contributed by atoms with Gasteiger partial charge in [-0.05, 0) is 24.3 Å². The van der Waals surface area contributed by atoms with E-state index in [4.69, 9.17) is 21.4 Å². The van der Waals surface area contributed by atoms with Crippen LogP contribution in [0.3, 0.4) is 0 Å². The number of hydrogen-bond donors (Lipinski definition) is 2. The number of aromatic carboxylic acids is 1. The van der Waals surface area contributed by atoms with Crippen molar-refractivity contribution in [2.45, 2.75) is 0 Å². The molecule has 0 saturated carbocycles. The first kappa shape index (κ1) is 13.9. The molecule has 0 aliphatic heterocycles. The Hall–Kier alpha value is -1.17. The molecular formula is C11H10ClMgNO3. The highest BCUT2D eigenvalue weighted by atomic mass is 35.5. The van der Waals surface area contributed by atoms with Crippen LogP contribution in [0.5, 0.6) is 11.5 Å². The largest absolute Gasteiger partial charge is 0.477 e. The van der Waals surface area contributed by atoms with Crippen molar-refractivity contribution in [1.82, 2.24) is 4.98 Å². The number of halogens is 1. The second-order valence-electron chi connectivity index (χ2n) is 3.11. The van der Waals surface area contributed by atoms with E-state index < -0.39 is 5.97 Å². The number of ether oxygens (including phenoxy) is 1. The van der Waals surface area contributed by atoms with Gasteiger partial charge < -0.3 is 14.8 Å². The van der Waals surface area contributed by atoms with E-state index >= 15 is 0 Å². The van der Waals surface area contributed by atoms with E-state index in [9.17, 15) is 4.79 Å². The van der Waals surface area contributed by atoms with Crippen LogP contribution in [0.1, 0.15) is 10.5 Å². The number of aromatic amines is 1. The normalized spacial score (nSPS) is 9.47. The first-order valence-electron chi connectivity index (χ1n) is 4.50. The molecule has 0 atom stereocenters. The number of aromatic nitrogens is 1. The van der Waals surface area contributed by atoms with Crippen LogP contribution in [-0.4, -0.2) is 39.1 Å². The van der Waals surface area contributed by atoms with E-state index in [1.54, 1.807) is 24.3 Å². The highest BCUT2D eigenvalue weighted by molar-refractivity contribution is 6.30. The molecule has 0 unspecified atom stereocenters. The predicted octanol–water partition coefficient (Wildman–Crippen LogP) is 2.24. The lowest BCUT2D eigenvalue weighted by molar-refractivity contribution is 0.0691. The standard InChI is InChI=1S/C11H8ClNO3.Mg.2H/c12-7-1-3-8(4-2-7)16-9-5-10(11(14)15)13-6-9;;;/h1-6,13H,(H,14,15);;;. The summed E-state index contributed by atoms with van der Waals surface area (Å²) in [5, 5.41) is 9.31. The molecule has 2 N–H and O–H groups in total. The molecule has 17 heavy (non-hydrogen) atoms. The third-order valence-electron chi connectivity index (χ3n) is 1.94. The fourth-order valence-corrected chi connectivity index (χ4v) is 1.32. The molecule has 0 bridgehead atoms. The summed E-state index contributed by atoms with van der Waals surface area (Å²) in [6, 6.07) is 8.21. The van der Waals surface area contributed by atoms with Crippen molar-refractivity contribution in [3.05, 3.63) is 47.2 Å². The van der Waals surface area contributed by atoms with Crippen LogP contribution >= 0.6 is 11.6 Å². The summed E-state index contributed by atoms with van der Waals surface area (Å²) < 4.78 is 5.41. The zero-order valence-corrected chi connectivity index (χ0v) is 8.86. The molecule has 1 aromatic heterocycles. The average Bonchev–Trinajstić information content (AvgIpc) is 2.70. The van der Waals surface area contributed by atoms with Gasteiger partial charge in [0.15, 0.2) is 0 Å². The van der Waals surface area contributed by atoms with E-state index in [-0.39, 0.29) is 28.7 Å². The zero-order valence-electron chi connectivity index (χ0n) is 8.11. The minimum absolute atomic E-state index is 0. The number of nitrogens with one attached hydrogen (secondary N) is 1. The molecule has 0 aliphatic carbocycles. The molecule has 1 aromatic carbocycles. The molecule has 2 rings (SSSR count). The summed E-state index contributed by atoms with van der Waals surface area (Å²) in [7, 11) is 0. The van der Waals surface area contributed by atoms with Gasteiger partial charge in [-0.25, -0.2) is 4.79 Å². The van der Waals surface area contributed by atoms with E-state index in [1.807, 2.05) is 0 Å². The van der Waals surface area contributed by atoms with Crippen molar-refractivity contribution >= 4 is 40.6 Å². The highest BCUT2D eigenvalue weighted by Crippen LogP contribution is 2.23. The Bertz CT molecular complexity index is 510. The number of H-pyrrole nitrogens is 1. The number of carboxylic acid groups (broad SMARTS) is 1. The molecule has 0 amide bonds. The molecular weight excluding hydrogens is 254 g/mol. The Morgan fingerprint density at radius 3 is 2.41 bits per heavy atom. The Kier molecular flexibility index (Phi) is 4.86. The Balaban J connectivity index is 0.00000144. The van der Waals surface area contributed by atoms with Crippen molar-refractivity contribution < 1.29 is 14.6 Å². The summed E-state index contributed by atoms with van der Waals surface area (Å²) in [6.45, 7) is 0. The van der Waals surface area contributed by atoms with Crippen molar-refractivity contribution in [3.8, 4) is 11.5 Å². The molecule has 0 aliphatic rings. The average molecular weight is 264 g/mol.